The maximum absolute atomic E-state index is 12.1. The van der Waals surface area contributed by atoms with Gasteiger partial charge in [-0.05, 0) is 58.2 Å². The number of ether oxygens (including phenoxy) is 2. The van der Waals surface area contributed by atoms with Crippen molar-refractivity contribution in [2.75, 3.05) is 12.4 Å². The molecule has 2 aromatic heterocycles. The minimum absolute atomic E-state index is 0.0805. The average molecular weight is 400 g/mol. The number of hydrogen-bond acceptors (Lipinski definition) is 6. The normalized spacial score (nSPS) is 18.9. The second-order valence-electron chi connectivity index (χ2n) is 8.18. The topological polar surface area (TPSA) is 94.5 Å². The summed E-state index contributed by atoms with van der Waals surface area (Å²) >= 11 is 0. The van der Waals surface area contributed by atoms with Gasteiger partial charge in [0.25, 0.3) is 5.56 Å². The molecule has 1 fully saturated rings. The van der Waals surface area contributed by atoms with Crippen LogP contribution in [0.2, 0.25) is 0 Å². The zero-order valence-corrected chi connectivity index (χ0v) is 17.3. The Bertz CT molecular complexity index is 902. The lowest BCUT2D eigenvalue weighted by atomic mass is 10.2. The van der Waals surface area contributed by atoms with Gasteiger partial charge in [0, 0.05) is 18.2 Å². The number of aromatic nitrogens is 2. The molecule has 1 aliphatic rings. The molecule has 0 aromatic carbocycles. The van der Waals surface area contributed by atoms with Crippen molar-refractivity contribution >= 4 is 11.9 Å². The first-order valence-corrected chi connectivity index (χ1v) is 9.73. The Morgan fingerprint density at radius 1 is 1.17 bits per heavy atom. The summed E-state index contributed by atoms with van der Waals surface area (Å²) in [7, 11) is 1.56. The van der Waals surface area contributed by atoms with Crippen LogP contribution in [0.1, 0.15) is 40.0 Å². The van der Waals surface area contributed by atoms with Crippen LogP contribution < -0.4 is 20.9 Å². The first-order valence-electron chi connectivity index (χ1n) is 9.73. The van der Waals surface area contributed by atoms with E-state index in [0.717, 1.165) is 25.1 Å². The predicted molar refractivity (Wildman–Crippen MR) is 111 cm³/mol. The molecule has 2 atom stereocenters. The molecule has 0 unspecified atom stereocenters. The van der Waals surface area contributed by atoms with Crippen LogP contribution in [0, 0.1) is 0 Å². The number of rotatable bonds is 5. The largest absolute Gasteiger partial charge is 0.495 e. The summed E-state index contributed by atoms with van der Waals surface area (Å²) in [6.45, 7) is 5.54. The minimum atomic E-state index is -0.503. The zero-order chi connectivity index (χ0) is 21.0. The number of carbonyl (C=O) groups is 1. The molecule has 2 N–H and O–H groups in total. The van der Waals surface area contributed by atoms with Crippen LogP contribution in [0.25, 0.3) is 5.69 Å². The van der Waals surface area contributed by atoms with Gasteiger partial charge in [-0.15, -0.1) is 0 Å². The van der Waals surface area contributed by atoms with E-state index >= 15 is 0 Å². The molecule has 156 valence electrons. The van der Waals surface area contributed by atoms with E-state index in [2.05, 4.69) is 15.6 Å². The van der Waals surface area contributed by atoms with E-state index < -0.39 is 5.60 Å². The van der Waals surface area contributed by atoms with Gasteiger partial charge in [-0.25, -0.2) is 9.78 Å². The quantitative estimate of drug-likeness (QED) is 0.801. The van der Waals surface area contributed by atoms with Crippen LogP contribution in [0.4, 0.5) is 10.6 Å². The van der Waals surface area contributed by atoms with Gasteiger partial charge in [-0.3, -0.25) is 9.36 Å². The predicted octanol–water partition coefficient (Wildman–Crippen LogP) is 3.10. The molecule has 2 heterocycles. The molecule has 3 rings (SSSR count). The highest BCUT2D eigenvalue weighted by Gasteiger charge is 2.27. The summed E-state index contributed by atoms with van der Waals surface area (Å²) in [5.74, 6) is 1.33. The van der Waals surface area contributed by atoms with Crippen molar-refractivity contribution in [1.82, 2.24) is 14.9 Å². The van der Waals surface area contributed by atoms with Gasteiger partial charge in [-0.1, -0.05) is 0 Å². The Balaban J connectivity index is 1.57. The Hall–Kier alpha value is -3.03. The third-order valence-corrected chi connectivity index (χ3v) is 4.65. The molecule has 1 saturated carbocycles. The van der Waals surface area contributed by atoms with Crippen molar-refractivity contribution in [1.29, 1.82) is 0 Å². The molecule has 0 saturated heterocycles. The highest BCUT2D eigenvalue weighted by atomic mass is 16.6. The highest BCUT2D eigenvalue weighted by Crippen LogP contribution is 2.23. The summed E-state index contributed by atoms with van der Waals surface area (Å²) in [4.78, 5) is 28.4. The monoisotopic (exact) mass is 400 g/mol. The van der Waals surface area contributed by atoms with Crippen LogP contribution in [-0.2, 0) is 4.74 Å². The maximum Gasteiger partial charge on any atom is 0.407 e. The van der Waals surface area contributed by atoms with E-state index in [-0.39, 0.29) is 23.7 Å². The lowest BCUT2D eigenvalue weighted by molar-refractivity contribution is 0.0505. The van der Waals surface area contributed by atoms with Crippen molar-refractivity contribution in [2.24, 2.45) is 0 Å². The molecule has 0 aliphatic heterocycles. The smallest absolute Gasteiger partial charge is 0.407 e. The second-order valence-corrected chi connectivity index (χ2v) is 8.18. The fourth-order valence-electron chi connectivity index (χ4n) is 3.33. The SMILES string of the molecule is COc1ccc(=O)n(-c2ccc(N[C@H]3CC[C@H](NC(=O)OC(C)(C)C)C3)nc2)c1. The van der Waals surface area contributed by atoms with Crippen LogP contribution >= 0.6 is 0 Å². The van der Waals surface area contributed by atoms with Crippen LogP contribution in [-0.4, -0.2) is 40.4 Å². The maximum atomic E-state index is 12.1. The third kappa shape index (κ3) is 5.73. The summed E-state index contributed by atoms with van der Waals surface area (Å²) in [5.41, 5.74) is 0.00649. The van der Waals surface area contributed by atoms with Gasteiger partial charge in [0.15, 0.2) is 0 Å². The number of hydrogen-bond donors (Lipinski definition) is 2. The molecule has 0 radical (unpaired) electrons. The van der Waals surface area contributed by atoms with Crippen molar-refractivity contribution in [3.63, 3.8) is 0 Å². The zero-order valence-electron chi connectivity index (χ0n) is 17.3. The molecular formula is C21H28N4O4. The van der Waals surface area contributed by atoms with Crippen molar-refractivity contribution in [2.45, 2.75) is 57.7 Å². The van der Waals surface area contributed by atoms with E-state index in [1.54, 1.807) is 25.6 Å². The van der Waals surface area contributed by atoms with E-state index in [1.807, 2.05) is 32.9 Å². The number of alkyl carbamates (subject to hydrolysis) is 1. The first-order chi connectivity index (χ1) is 13.7. The van der Waals surface area contributed by atoms with E-state index in [1.165, 1.54) is 10.6 Å². The summed E-state index contributed by atoms with van der Waals surface area (Å²) in [5, 5.41) is 6.32. The molecule has 1 amide bonds. The van der Waals surface area contributed by atoms with Crippen molar-refractivity contribution in [3.8, 4) is 11.4 Å². The lowest BCUT2D eigenvalue weighted by Crippen LogP contribution is -2.38. The molecule has 1 aliphatic carbocycles. The van der Waals surface area contributed by atoms with Crippen LogP contribution in [0.15, 0.2) is 41.5 Å². The van der Waals surface area contributed by atoms with Crippen molar-refractivity contribution < 1.29 is 14.3 Å². The van der Waals surface area contributed by atoms with Gasteiger partial charge in [0.05, 0.1) is 25.2 Å². The number of nitrogens with one attached hydrogen (secondary N) is 2. The van der Waals surface area contributed by atoms with E-state index in [0.29, 0.717) is 11.4 Å². The Morgan fingerprint density at radius 2 is 1.93 bits per heavy atom. The number of anilines is 1. The molecule has 8 heteroatoms. The van der Waals surface area contributed by atoms with Crippen molar-refractivity contribution in [3.05, 3.63) is 47.0 Å². The highest BCUT2D eigenvalue weighted by molar-refractivity contribution is 5.68. The minimum Gasteiger partial charge on any atom is -0.495 e. The Labute approximate surface area is 170 Å². The standard InChI is InChI=1S/C21H28N4O4/c1-21(2,3)29-20(27)24-15-6-5-14(11-15)23-18-9-7-16(12-22-18)25-13-17(28-4)8-10-19(25)26/h7-10,12-15H,5-6,11H2,1-4H3,(H,22,23)(H,24,27)/t14-,15-/m0/s1. The third-order valence-electron chi connectivity index (χ3n) is 4.65. The molecule has 2 aromatic rings. The van der Waals surface area contributed by atoms with Gasteiger partial charge in [-0.2, -0.15) is 0 Å². The number of nitrogens with zero attached hydrogens (tertiary/aromatic N) is 2. The second kappa shape index (κ2) is 8.55. The number of carbonyl (C=O) groups excluding carboxylic acids is 1. The number of methoxy groups -OCH3 is 1. The molecule has 8 nitrogen and oxygen atoms in total. The first kappa shape index (κ1) is 20.7. The van der Waals surface area contributed by atoms with Gasteiger partial charge >= 0.3 is 6.09 Å². The molecular weight excluding hydrogens is 372 g/mol. The Kier molecular flexibility index (Phi) is 6.10. The summed E-state index contributed by atoms with van der Waals surface area (Å²) < 4.78 is 12.0. The van der Waals surface area contributed by atoms with E-state index in [4.69, 9.17) is 9.47 Å². The molecule has 0 bridgehead atoms. The number of pyridine rings is 2. The number of amides is 1. The fourth-order valence-corrected chi connectivity index (χ4v) is 3.33. The summed E-state index contributed by atoms with van der Waals surface area (Å²) in [6.07, 6.45) is 5.52. The Morgan fingerprint density at radius 3 is 2.59 bits per heavy atom. The van der Waals surface area contributed by atoms with Gasteiger partial charge in [0.1, 0.15) is 17.2 Å². The molecule has 29 heavy (non-hydrogen) atoms. The van der Waals surface area contributed by atoms with Crippen LogP contribution in [0.3, 0.4) is 0 Å². The summed E-state index contributed by atoms with van der Waals surface area (Å²) in [6, 6.07) is 7.06. The average Bonchev–Trinajstić information content (AvgIpc) is 3.08. The molecule has 0 spiro atoms. The van der Waals surface area contributed by atoms with Gasteiger partial charge < -0.3 is 20.1 Å². The van der Waals surface area contributed by atoms with Gasteiger partial charge in [0.2, 0.25) is 0 Å². The van der Waals surface area contributed by atoms with E-state index in [9.17, 15) is 9.59 Å². The lowest BCUT2D eigenvalue weighted by Gasteiger charge is -2.22. The fraction of sp³-hybridized carbons (Fsp3) is 0.476. The van der Waals surface area contributed by atoms with Crippen LogP contribution in [0.5, 0.6) is 5.75 Å².